The summed E-state index contributed by atoms with van der Waals surface area (Å²) in [6.45, 7) is -0.490. The van der Waals surface area contributed by atoms with Crippen LogP contribution in [0, 0.1) is 17.8 Å². The maximum atomic E-state index is 15.5. The van der Waals surface area contributed by atoms with Crippen LogP contribution in [0.1, 0.15) is 106 Å². The van der Waals surface area contributed by atoms with Gasteiger partial charge in [-0.15, -0.1) is 0 Å². The molecule has 9 nitrogen and oxygen atoms in total. The molecule has 7 fully saturated rings. The Kier molecular flexibility index (Phi) is 8.95. The van der Waals surface area contributed by atoms with Gasteiger partial charge in [-0.1, -0.05) is 0 Å². The fourth-order valence-electron chi connectivity index (χ4n) is 11.3. The maximum absolute atomic E-state index is 15.5. The predicted octanol–water partition coefficient (Wildman–Crippen LogP) is 8.61. The Balaban J connectivity index is 1.02. The summed E-state index contributed by atoms with van der Waals surface area (Å²) in [6, 6.07) is 4.62. The number of rotatable bonds is 8. The highest BCUT2D eigenvalue weighted by Crippen LogP contribution is 2.61. The largest absolute Gasteiger partial charge is 0.490 e. The van der Waals surface area contributed by atoms with Gasteiger partial charge in [-0.3, -0.25) is 9.69 Å². The highest BCUT2D eigenvalue weighted by molar-refractivity contribution is 6.00. The number of benzene rings is 1. The quantitative estimate of drug-likeness (QED) is 0.220. The molecule has 0 radical (unpaired) electrons. The summed E-state index contributed by atoms with van der Waals surface area (Å²) in [5.41, 5.74) is -5.39. The lowest BCUT2D eigenvalue weighted by Gasteiger charge is -2.61. The van der Waals surface area contributed by atoms with Crippen molar-refractivity contribution < 1.29 is 54.6 Å². The molecule has 4 bridgehead atoms. The first kappa shape index (κ1) is 38.5. The molecular weight excluding hydrogens is 766 g/mol. The van der Waals surface area contributed by atoms with Crippen molar-refractivity contribution in [3.05, 3.63) is 41.9 Å². The third-order valence-corrected chi connectivity index (χ3v) is 13.8. The lowest BCUT2D eigenvalue weighted by atomic mass is 9.47. The number of carboxylic acids is 1. The molecule has 0 unspecified atom stereocenters. The van der Waals surface area contributed by atoms with Crippen LogP contribution in [0.5, 0.6) is 5.75 Å². The van der Waals surface area contributed by atoms with Crippen LogP contribution in [0.25, 0.3) is 22.3 Å². The van der Waals surface area contributed by atoms with Crippen LogP contribution in [0.3, 0.4) is 0 Å². The van der Waals surface area contributed by atoms with Gasteiger partial charge in [0.1, 0.15) is 17.0 Å². The molecule has 57 heavy (non-hydrogen) atoms. The number of hydrogen-bond acceptors (Lipinski definition) is 6. The number of alkyl halides is 8. The van der Waals surface area contributed by atoms with Gasteiger partial charge in [-0.25, -0.2) is 36.7 Å². The van der Waals surface area contributed by atoms with Crippen LogP contribution in [0.2, 0.25) is 0 Å². The highest BCUT2D eigenvalue weighted by Gasteiger charge is 2.67. The number of carboxylic acid groups (broad SMARTS) is 1. The zero-order valence-corrected chi connectivity index (χ0v) is 30.9. The molecule has 2 atom stereocenters. The molecule has 1 amide bonds. The van der Waals surface area contributed by atoms with Gasteiger partial charge in [-0.05, 0) is 101 Å². The van der Waals surface area contributed by atoms with Gasteiger partial charge in [0, 0.05) is 54.3 Å². The van der Waals surface area contributed by atoms with Gasteiger partial charge < -0.3 is 19.7 Å². The van der Waals surface area contributed by atoms with Crippen LogP contribution >= 0.6 is 0 Å². The minimum absolute atomic E-state index is 0.0508. The van der Waals surface area contributed by atoms with Crippen molar-refractivity contribution in [1.82, 2.24) is 24.8 Å². The minimum Gasteiger partial charge on any atom is -0.490 e. The molecule has 3 heterocycles. The predicted molar refractivity (Wildman–Crippen MR) is 189 cm³/mol. The second-order valence-corrected chi connectivity index (χ2v) is 17.6. The Morgan fingerprint density at radius 2 is 1.54 bits per heavy atom. The fraction of sp³-hybridized carbons (Fsp3) is 0.650. The minimum atomic E-state index is -5.17. The highest BCUT2D eigenvalue weighted by atomic mass is 19.4. The first-order valence-corrected chi connectivity index (χ1v) is 19.8. The molecule has 10 rings (SSSR count). The van der Waals surface area contributed by atoms with Crippen molar-refractivity contribution in [2.45, 2.75) is 131 Å². The third-order valence-electron chi connectivity index (χ3n) is 13.8. The summed E-state index contributed by atoms with van der Waals surface area (Å²) in [4.78, 5) is 36.4. The second kappa shape index (κ2) is 13.2. The number of aliphatic carboxylic acids is 1. The summed E-state index contributed by atoms with van der Waals surface area (Å²) in [5, 5.41) is 13.3. The third kappa shape index (κ3) is 6.82. The van der Waals surface area contributed by atoms with E-state index in [2.05, 4.69) is 15.3 Å². The Labute approximate surface area is 322 Å². The van der Waals surface area contributed by atoms with E-state index < -0.39 is 70.2 Å². The molecule has 308 valence electrons. The number of nitrogens with one attached hydrogen (secondary N) is 1. The molecule has 3 aromatic rings. The monoisotopic (exact) mass is 809 g/mol. The van der Waals surface area contributed by atoms with Crippen molar-refractivity contribution in [3.8, 4) is 17.1 Å². The number of amides is 1. The number of ether oxygens (including phenoxy) is 1. The van der Waals surface area contributed by atoms with Crippen molar-refractivity contribution in [2.75, 3.05) is 13.1 Å². The van der Waals surface area contributed by atoms with Crippen LogP contribution in [-0.4, -0.2) is 84.7 Å². The summed E-state index contributed by atoms with van der Waals surface area (Å²) in [6.07, 6.45) is -0.235. The zero-order valence-electron chi connectivity index (χ0n) is 30.9. The number of nitrogens with zero attached hydrogens (tertiary/aromatic N) is 4. The van der Waals surface area contributed by atoms with Crippen molar-refractivity contribution in [3.63, 3.8) is 0 Å². The standard InChI is InChI=1S/C40H43F8N5O4/c41-36-14-21-11-22(15-36)39(35(55)56,23(12-21)16-36)51-34(54)29-17-49-33(50-32(29)40(46,47)48)30-18-53(25-7-9-37(42,43)10-8-25)31-13-27(5-6-28(30)31)57-26-3-1-24(2-4-26)52-19-38(44,45)20-52/h5-6,13,17-18,21-26H,1-4,7-12,14-16,19-20H2,(H,51,54)(H,55,56)/t21?,22-,23-,24?,26?,36?,39?/m0/s1. The van der Waals surface area contributed by atoms with Crippen molar-refractivity contribution in [1.29, 1.82) is 0 Å². The number of hydrogen-bond donors (Lipinski definition) is 2. The van der Waals surface area contributed by atoms with E-state index in [1.807, 2.05) is 0 Å². The number of aromatic nitrogens is 3. The molecule has 0 spiro atoms. The van der Waals surface area contributed by atoms with E-state index in [0.717, 1.165) is 6.20 Å². The number of carbonyl (C=O) groups excluding carboxylic acids is 1. The van der Waals surface area contributed by atoms with E-state index in [0.29, 0.717) is 61.6 Å². The molecule has 17 heteroatoms. The van der Waals surface area contributed by atoms with Gasteiger partial charge in [0.25, 0.3) is 11.8 Å². The molecule has 7 aliphatic rings. The number of halogens is 8. The van der Waals surface area contributed by atoms with Gasteiger partial charge in [0.2, 0.25) is 5.92 Å². The first-order valence-electron chi connectivity index (χ1n) is 19.8. The Hall–Kier alpha value is -4.02. The van der Waals surface area contributed by atoms with E-state index in [-0.39, 0.29) is 81.1 Å². The summed E-state index contributed by atoms with van der Waals surface area (Å²) in [5.74, 6) is -9.79. The van der Waals surface area contributed by atoms with E-state index in [4.69, 9.17) is 4.74 Å². The smallest absolute Gasteiger partial charge is 0.434 e. The van der Waals surface area contributed by atoms with Crippen LogP contribution in [0.15, 0.2) is 30.6 Å². The van der Waals surface area contributed by atoms with Crippen LogP contribution in [-0.2, 0) is 11.0 Å². The molecule has 2 N–H and O–H groups in total. The molecule has 6 saturated carbocycles. The van der Waals surface area contributed by atoms with Crippen LogP contribution in [0.4, 0.5) is 35.1 Å². The Morgan fingerprint density at radius 1 is 0.877 bits per heavy atom. The topological polar surface area (TPSA) is 110 Å². The average Bonchev–Trinajstić information content (AvgIpc) is 3.50. The lowest BCUT2D eigenvalue weighted by molar-refractivity contribution is -0.174. The second-order valence-electron chi connectivity index (χ2n) is 17.6. The zero-order chi connectivity index (χ0) is 40.3. The number of likely N-dealkylation sites (tertiary alicyclic amines) is 1. The summed E-state index contributed by atoms with van der Waals surface area (Å²) >= 11 is 0. The molecule has 2 aromatic heterocycles. The normalized spacial score (nSPS) is 33.6. The van der Waals surface area contributed by atoms with Gasteiger partial charge in [-0.2, -0.15) is 13.2 Å². The summed E-state index contributed by atoms with van der Waals surface area (Å²) in [7, 11) is 0. The lowest BCUT2D eigenvalue weighted by Crippen LogP contribution is -2.72. The van der Waals surface area contributed by atoms with Gasteiger partial charge in [0.05, 0.1) is 30.3 Å². The number of fused-ring (bicyclic) bond motifs is 1. The molecule has 1 aliphatic heterocycles. The fourth-order valence-corrected chi connectivity index (χ4v) is 11.3. The van der Waals surface area contributed by atoms with Crippen LogP contribution < -0.4 is 10.1 Å². The van der Waals surface area contributed by atoms with Crippen molar-refractivity contribution >= 4 is 22.8 Å². The molecule has 1 saturated heterocycles. The van der Waals surface area contributed by atoms with E-state index in [9.17, 15) is 45.4 Å². The Morgan fingerprint density at radius 3 is 2.14 bits per heavy atom. The SMILES string of the molecule is O=C(NC1(C(=O)O)[C@H]2CC3C[C@H]1CC(F)(C3)C2)c1cnc(-c2cn(C3CCC(F)(F)CC3)c3cc(OC4CCC(N5CC(F)(F)C5)CC4)ccc23)nc1C(F)(F)F. The van der Waals surface area contributed by atoms with E-state index in [1.165, 1.54) is 6.20 Å². The van der Waals surface area contributed by atoms with Crippen molar-refractivity contribution in [2.24, 2.45) is 17.8 Å². The van der Waals surface area contributed by atoms with Gasteiger partial charge in [0.15, 0.2) is 11.5 Å². The van der Waals surface area contributed by atoms with E-state index >= 15 is 4.39 Å². The van der Waals surface area contributed by atoms with E-state index in [1.54, 1.807) is 27.7 Å². The first-order chi connectivity index (χ1) is 26.8. The summed E-state index contributed by atoms with van der Waals surface area (Å²) < 4.78 is 123. The Bertz CT molecular complexity index is 2060. The maximum Gasteiger partial charge on any atom is 0.434 e. The molecular formula is C40H43F8N5O4. The molecule has 1 aromatic carbocycles. The number of carbonyl (C=O) groups is 2. The molecule has 6 aliphatic carbocycles. The average molecular weight is 810 g/mol. The van der Waals surface area contributed by atoms with Gasteiger partial charge >= 0.3 is 12.1 Å².